The lowest BCUT2D eigenvalue weighted by molar-refractivity contribution is -0.145. The number of esters is 2. The Labute approximate surface area is 212 Å². The molecule has 11 nitrogen and oxygen atoms in total. The van der Waals surface area contributed by atoms with Crippen LogP contribution in [0.4, 0.5) is 13.2 Å². The summed E-state index contributed by atoms with van der Waals surface area (Å²) < 4.78 is 61.6. The van der Waals surface area contributed by atoms with E-state index in [-0.39, 0.29) is 54.6 Å². The fraction of sp³-hybridized carbons (Fsp3) is 0.292. The van der Waals surface area contributed by atoms with E-state index >= 15 is 0 Å². The standard InChI is InChI=1S/C24H21F3N4O7/c1-2-14-11-15(3-4-16(14)23(34)36-10-9-35-19(33)5-8-32)38-22-21-29-12-18(31(21)7-6-28-22)17-13-37-30-20(17)24(25,26)27/h3-4,6-7,11-13,32H,2,5,8-10H2,1H3. The predicted octanol–water partition coefficient (Wildman–Crippen LogP) is 3.84. The maximum absolute atomic E-state index is 13.3. The summed E-state index contributed by atoms with van der Waals surface area (Å²) >= 11 is 0. The van der Waals surface area contributed by atoms with E-state index < -0.39 is 23.8 Å². The van der Waals surface area contributed by atoms with Crippen molar-refractivity contribution < 1.29 is 46.6 Å². The maximum atomic E-state index is 13.3. The summed E-state index contributed by atoms with van der Waals surface area (Å²) in [6, 6.07) is 4.61. The van der Waals surface area contributed by atoms with Crippen LogP contribution in [0.15, 0.2) is 47.6 Å². The summed E-state index contributed by atoms with van der Waals surface area (Å²) in [5.41, 5.74) is -0.370. The second kappa shape index (κ2) is 11.3. The van der Waals surface area contributed by atoms with Crippen molar-refractivity contribution in [3.05, 3.63) is 59.9 Å². The van der Waals surface area contributed by atoms with Gasteiger partial charge in [0, 0.05) is 12.4 Å². The Bertz CT molecular complexity index is 1450. The molecular weight excluding hydrogens is 513 g/mol. The molecule has 0 unspecified atom stereocenters. The molecule has 200 valence electrons. The molecule has 0 radical (unpaired) electrons. The minimum atomic E-state index is -4.72. The van der Waals surface area contributed by atoms with Crippen LogP contribution in [0.2, 0.25) is 0 Å². The molecule has 0 aliphatic rings. The first-order chi connectivity index (χ1) is 18.2. The van der Waals surface area contributed by atoms with Crippen LogP contribution < -0.4 is 4.74 Å². The lowest BCUT2D eigenvalue weighted by Gasteiger charge is -2.12. The molecule has 3 aromatic heterocycles. The summed E-state index contributed by atoms with van der Waals surface area (Å²) in [7, 11) is 0. The third kappa shape index (κ3) is 5.75. The van der Waals surface area contributed by atoms with Crippen molar-refractivity contribution in [2.24, 2.45) is 0 Å². The van der Waals surface area contributed by atoms with Gasteiger partial charge in [0.25, 0.3) is 5.88 Å². The zero-order chi connectivity index (χ0) is 27.3. The number of fused-ring (bicyclic) bond motifs is 1. The number of alkyl halides is 3. The molecule has 0 aliphatic carbocycles. The Morgan fingerprint density at radius 2 is 1.95 bits per heavy atom. The molecular formula is C24H21F3N4O7. The summed E-state index contributed by atoms with van der Waals surface area (Å²) in [4.78, 5) is 32.0. The minimum absolute atomic E-state index is 0.0193. The molecule has 0 bridgehead atoms. The number of hydrogen-bond donors (Lipinski definition) is 1. The number of aryl methyl sites for hydroxylation is 1. The summed E-state index contributed by atoms with van der Waals surface area (Å²) in [5, 5.41) is 11.7. The topological polar surface area (TPSA) is 138 Å². The molecule has 0 atom stereocenters. The Morgan fingerprint density at radius 1 is 1.16 bits per heavy atom. The SMILES string of the molecule is CCc1cc(Oc2nccn3c(-c4conc4C(F)(F)F)cnc23)ccc1C(=O)OCCOC(=O)CCO. The van der Waals surface area contributed by atoms with Crippen molar-refractivity contribution >= 4 is 17.6 Å². The van der Waals surface area contributed by atoms with Crippen LogP contribution in [0, 0.1) is 0 Å². The van der Waals surface area contributed by atoms with Crippen molar-refractivity contribution in [1.29, 1.82) is 0 Å². The van der Waals surface area contributed by atoms with E-state index in [1.165, 1.54) is 35.1 Å². The molecule has 0 spiro atoms. The number of ether oxygens (including phenoxy) is 3. The van der Waals surface area contributed by atoms with Gasteiger partial charge in [-0.05, 0) is 30.2 Å². The number of halogens is 3. The van der Waals surface area contributed by atoms with E-state index in [0.29, 0.717) is 17.7 Å². The zero-order valence-corrected chi connectivity index (χ0v) is 19.9. The van der Waals surface area contributed by atoms with Crippen LogP contribution >= 0.6 is 0 Å². The molecule has 38 heavy (non-hydrogen) atoms. The Balaban J connectivity index is 1.51. The van der Waals surface area contributed by atoms with Gasteiger partial charge in [0.15, 0.2) is 5.69 Å². The van der Waals surface area contributed by atoms with E-state index in [1.807, 2.05) is 6.92 Å². The number of imidazole rings is 1. The van der Waals surface area contributed by atoms with Gasteiger partial charge >= 0.3 is 18.1 Å². The molecule has 4 aromatic rings. The Hall–Kier alpha value is -4.46. The summed E-state index contributed by atoms with van der Waals surface area (Å²) in [6.07, 6.45) is 0.465. The van der Waals surface area contributed by atoms with Crippen LogP contribution in [0.3, 0.4) is 0 Å². The normalized spacial score (nSPS) is 11.5. The minimum Gasteiger partial charge on any atom is -0.462 e. The smallest absolute Gasteiger partial charge is 0.437 e. The highest BCUT2D eigenvalue weighted by Gasteiger charge is 2.38. The second-order valence-electron chi connectivity index (χ2n) is 7.75. The summed E-state index contributed by atoms with van der Waals surface area (Å²) in [6.45, 7) is 1.19. The van der Waals surface area contributed by atoms with Gasteiger partial charge in [0.05, 0.1) is 36.0 Å². The van der Waals surface area contributed by atoms with E-state index in [4.69, 9.17) is 19.3 Å². The molecule has 1 N–H and O–H groups in total. The number of carbonyl (C=O) groups excluding carboxylic acids is 2. The first-order valence-corrected chi connectivity index (χ1v) is 11.3. The number of benzene rings is 1. The number of aliphatic hydroxyl groups is 1. The first kappa shape index (κ1) is 26.6. The molecule has 0 saturated carbocycles. The predicted molar refractivity (Wildman–Crippen MR) is 122 cm³/mol. The monoisotopic (exact) mass is 534 g/mol. The van der Waals surface area contributed by atoms with Crippen LogP contribution in [0.1, 0.15) is 35.0 Å². The molecule has 0 aliphatic heterocycles. The van der Waals surface area contributed by atoms with Gasteiger partial charge in [-0.2, -0.15) is 13.2 Å². The molecule has 0 saturated heterocycles. The van der Waals surface area contributed by atoms with Crippen molar-refractivity contribution in [2.45, 2.75) is 25.9 Å². The summed E-state index contributed by atoms with van der Waals surface area (Å²) in [5.74, 6) is -0.901. The van der Waals surface area contributed by atoms with Gasteiger partial charge in [0.2, 0.25) is 5.65 Å². The van der Waals surface area contributed by atoms with Gasteiger partial charge in [-0.1, -0.05) is 12.1 Å². The molecule has 14 heteroatoms. The number of aromatic nitrogens is 4. The Kier molecular flexibility index (Phi) is 7.90. The fourth-order valence-corrected chi connectivity index (χ4v) is 3.56. The third-order valence-electron chi connectivity index (χ3n) is 5.30. The van der Waals surface area contributed by atoms with Crippen LogP contribution in [-0.2, 0) is 26.9 Å². The quantitative estimate of drug-likeness (QED) is 0.236. The second-order valence-corrected chi connectivity index (χ2v) is 7.75. The van der Waals surface area contributed by atoms with Gasteiger partial charge < -0.3 is 23.8 Å². The maximum Gasteiger partial charge on any atom is 0.437 e. The van der Waals surface area contributed by atoms with Gasteiger partial charge in [-0.3, -0.25) is 9.20 Å². The van der Waals surface area contributed by atoms with E-state index in [0.717, 1.165) is 6.26 Å². The largest absolute Gasteiger partial charge is 0.462 e. The lowest BCUT2D eigenvalue weighted by Crippen LogP contribution is -2.15. The highest BCUT2D eigenvalue weighted by molar-refractivity contribution is 5.91. The number of carbonyl (C=O) groups is 2. The number of rotatable bonds is 10. The van der Waals surface area contributed by atoms with E-state index in [1.54, 1.807) is 6.07 Å². The van der Waals surface area contributed by atoms with Crippen molar-refractivity contribution in [3.8, 4) is 22.9 Å². The molecule has 1 aromatic carbocycles. The lowest BCUT2D eigenvalue weighted by atomic mass is 10.1. The number of nitrogens with zero attached hydrogens (tertiary/aromatic N) is 4. The average Bonchev–Trinajstić information content (AvgIpc) is 3.54. The zero-order valence-electron chi connectivity index (χ0n) is 19.9. The number of hydrogen-bond acceptors (Lipinski definition) is 10. The molecule has 3 heterocycles. The van der Waals surface area contributed by atoms with E-state index in [9.17, 15) is 22.8 Å². The van der Waals surface area contributed by atoms with Gasteiger partial charge in [0.1, 0.15) is 25.2 Å². The van der Waals surface area contributed by atoms with Gasteiger partial charge in [-0.25, -0.2) is 14.8 Å². The molecule has 0 amide bonds. The fourth-order valence-electron chi connectivity index (χ4n) is 3.56. The van der Waals surface area contributed by atoms with Crippen molar-refractivity contribution in [1.82, 2.24) is 19.5 Å². The van der Waals surface area contributed by atoms with Crippen molar-refractivity contribution in [2.75, 3.05) is 19.8 Å². The van der Waals surface area contributed by atoms with E-state index in [2.05, 4.69) is 19.6 Å². The Morgan fingerprint density at radius 3 is 2.68 bits per heavy atom. The number of aliphatic hydroxyl groups excluding tert-OH is 1. The van der Waals surface area contributed by atoms with Gasteiger partial charge in [-0.15, -0.1) is 0 Å². The van der Waals surface area contributed by atoms with Crippen molar-refractivity contribution in [3.63, 3.8) is 0 Å². The average molecular weight is 534 g/mol. The van der Waals surface area contributed by atoms with Crippen LogP contribution in [-0.4, -0.2) is 56.4 Å². The third-order valence-corrected chi connectivity index (χ3v) is 5.30. The van der Waals surface area contributed by atoms with Crippen LogP contribution in [0.5, 0.6) is 11.6 Å². The highest BCUT2D eigenvalue weighted by atomic mass is 19.4. The first-order valence-electron chi connectivity index (χ1n) is 11.3. The molecule has 4 rings (SSSR count). The highest BCUT2D eigenvalue weighted by Crippen LogP contribution is 2.37. The molecule has 0 fully saturated rings. The van der Waals surface area contributed by atoms with Crippen LogP contribution in [0.25, 0.3) is 16.9 Å².